The number of sulfonamides is 1. The SMILES string of the molecule is Cc1ccc(C)c(NC(=O)COC(=O)C2CCN(S(=O)(=O)c3c(C)c(C)cc(C)c3C)CC2)c1. The average Bonchev–Trinajstić information content (AvgIpc) is 2.78. The molecule has 2 aromatic rings. The van der Waals surface area contributed by atoms with Gasteiger partial charge < -0.3 is 10.1 Å². The summed E-state index contributed by atoms with van der Waals surface area (Å²) in [7, 11) is -3.67. The molecule has 0 spiro atoms. The molecule has 0 saturated carbocycles. The van der Waals surface area contributed by atoms with Crippen LogP contribution in [0.15, 0.2) is 29.2 Å². The van der Waals surface area contributed by atoms with Crippen LogP contribution in [0.25, 0.3) is 0 Å². The van der Waals surface area contributed by atoms with Crippen LogP contribution in [0.5, 0.6) is 0 Å². The molecule has 8 heteroatoms. The van der Waals surface area contributed by atoms with Crippen LogP contribution in [0.2, 0.25) is 0 Å². The first-order chi connectivity index (χ1) is 15.9. The lowest BCUT2D eigenvalue weighted by molar-refractivity contribution is -0.152. The van der Waals surface area contributed by atoms with Crippen LogP contribution >= 0.6 is 0 Å². The third kappa shape index (κ3) is 5.50. The number of ether oxygens (including phenoxy) is 1. The summed E-state index contributed by atoms with van der Waals surface area (Å²) in [5, 5.41) is 2.77. The maximum absolute atomic E-state index is 13.4. The lowest BCUT2D eigenvalue weighted by atomic mass is 9.98. The van der Waals surface area contributed by atoms with Gasteiger partial charge in [-0.25, -0.2) is 8.42 Å². The Bertz CT molecular complexity index is 1190. The Hall–Kier alpha value is -2.71. The third-order valence-electron chi connectivity index (χ3n) is 6.70. The van der Waals surface area contributed by atoms with Crippen LogP contribution in [-0.4, -0.2) is 44.3 Å². The van der Waals surface area contributed by atoms with E-state index in [-0.39, 0.29) is 19.7 Å². The number of anilines is 1. The Morgan fingerprint density at radius 1 is 0.941 bits per heavy atom. The fourth-order valence-corrected chi connectivity index (χ4v) is 6.39. The van der Waals surface area contributed by atoms with Gasteiger partial charge >= 0.3 is 5.97 Å². The lowest BCUT2D eigenvalue weighted by Gasteiger charge is -2.31. The normalized spacial score (nSPS) is 15.2. The summed E-state index contributed by atoms with van der Waals surface area (Å²) in [6, 6.07) is 7.74. The Balaban J connectivity index is 1.58. The van der Waals surface area contributed by atoms with E-state index in [1.807, 2.05) is 65.8 Å². The fraction of sp³-hybridized carbons (Fsp3) is 0.462. The minimum Gasteiger partial charge on any atom is -0.455 e. The highest BCUT2D eigenvalue weighted by atomic mass is 32.2. The van der Waals surface area contributed by atoms with E-state index >= 15 is 0 Å². The molecule has 1 fully saturated rings. The number of esters is 1. The van der Waals surface area contributed by atoms with Crippen LogP contribution in [0.3, 0.4) is 0 Å². The van der Waals surface area contributed by atoms with Gasteiger partial charge in [0.2, 0.25) is 10.0 Å². The molecule has 1 saturated heterocycles. The highest BCUT2D eigenvalue weighted by Crippen LogP contribution is 2.31. The van der Waals surface area contributed by atoms with E-state index in [0.29, 0.717) is 23.4 Å². The summed E-state index contributed by atoms with van der Waals surface area (Å²) in [4.78, 5) is 25.1. The number of piperidine rings is 1. The molecular weight excluding hydrogens is 452 g/mol. The predicted octanol–water partition coefficient (Wildman–Crippen LogP) is 4.12. The van der Waals surface area contributed by atoms with E-state index < -0.39 is 27.8 Å². The molecule has 7 nitrogen and oxygen atoms in total. The zero-order valence-electron chi connectivity index (χ0n) is 20.8. The van der Waals surface area contributed by atoms with Crippen LogP contribution in [0.1, 0.15) is 46.2 Å². The first-order valence-corrected chi connectivity index (χ1v) is 13.0. The van der Waals surface area contributed by atoms with E-state index in [9.17, 15) is 18.0 Å². The van der Waals surface area contributed by atoms with Crippen molar-refractivity contribution in [3.63, 3.8) is 0 Å². The van der Waals surface area contributed by atoms with Crippen molar-refractivity contribution in [3.8, 4) is 0 Å². The Kier molecular flexibility index (Phi) is 7.83. The molecule has 2 aromatic carbocycles. The highest BCUT2D eigenvalue weighted by Gasteiger charge is 2.35. The van der Waals surface area contributed by atoms with Crippen LogP contribution < -0.4 is 5.32 Å². The zero-order chi connectivity index (χ0) is 25.2. The van der Waals surface area contributed by atoms with Crippen LogP contribution in [0, 0.1) is 47.5 Å². The first kappa shape index (κ1) is 25.9. The molecule has 1 amide bonds. The molecule has 1 N–H and O–H groups in total. The van der Waals surface area contributed by atoms with E-state index in [2.05, 4.69) is 5.32 Å². The Morgan fingerprint density at radius 3 is 2.12 bits per heavy atom. The molecule has 0 bridgehead atoms. The van der Waals surface area contributed by atoms with Crippen LogP contribution in [0.4, 0.5) is 5.69 Å². The van der Waals surface area contributed by atoms with Crippen molar-refractivity contribution in [2.24, 2.45) is 5.92 Å². The molecule has 0 radical (unpaired) electrons. The quantitative estimate of drug-likeness (QED) is 0.620. The van der Waals surface area contributed by atoms with Crippen molar-refractivity contribution in [2.45, 2.75) is 59.3 Å². The maximum Gasteiger partial charge on any atom is 0.309 e. The average molecular weight is 487 g/mol. The summed E-state index contributed by atoms with van der Waals surface area (Å²) in [5.74, 6) is -1.30. The van der Waals surface area contributed by atoms with Crippen molar-refractivity contribution in [1.29, 1.82) is 0 Å². The predicted molar refractivity (Wildman–Crippen MR) is 132 cm³/mol. The number of benzene rings is 2. The van der Waals surface area contributed by atoms with Gasteiger partial charge in [-0.15, -0.1) is 0 Å². The molecule has 0 aromatic heterocycles. The number of carbonyl (C=O) groups is 2. The highest BCUT2D eigenvalue weighted by molar-refractivity contribution is 7.89. The number of nitrogens with zero attached hydrogens (tertiary/aromatic N) is 1. The number of rotatable bonds is 6. The van der Waals surface area contributed by atoms with E-state index in [1.54, 1.807) is 0 Å². The van der Waals surface area contributed by atoms with E-state index in [0.717, 1.165) is 33.4 Å². The largest absolute Gasteiger partial charge is 0.455 e. The molecular formula is C26H34N2O5S. The minimum atomic E-state index is -3.67. The van der Waals surface area contributed by atoms with Crippen molar-refractivity contribution in [2.75, 3.05) is 25.0 Å². The second-order valence-electron chi connectivity index (χ2n) is 9.24. The standard InChI is InChI=1S/C26H34N2O5S/c1-16-7-8-17(2)23(13-16)27-24(29)15-33-26(30)22-9-11-28(12-10-22)34(31,32)25-20(5)18(3)14-19(4)21(25)6/h7-8,13-14,22H,9-12,15H2,1-6H3,(H,27,29). The van der Waals surface area contributed by atoms with Crippen molar-refractivity contribution < 1.29 is 22.7 Å². The van der Waals surface area contributed by atoms with Crippen molar-refractivity contribution in [1.82, 2.24) is 4.31 Å². The lowest BCUT2D eigenvalue weighted by Crippen LogP contribution is -2.41. The van der Waals surface area contributed by atoms with Gasteiger partial charge in [0.1, 0.15) is 0 Å². The van der Waals surface area contributed by atoms with Gasteiger partial charge in [-0.2, -0.15) is 4.31 Å². The first-order valence-electron chi connectivity index (χ1n) is 11.5. The van der Waals surface area contributed by atoms with Crippen molar-refractivity contribution in [3.05, 3.63) is 57.6 Å². The summed E-state index contributed by atoms with van der Waals surface area (Å²) < 4.78 is 33.5. The van der Waals surface area contributed by atoms with Crippen molar-refractivity contribution >= 4 is 27.6 Å². The Morgan fingerprint density at radius 2 is 1.53 bits per heavy atom. The molecule has 1 aliphatic heterocycles. The van der Waals surface area contributed by atoms with Crippen LogP contribution in [-0.2, 0) is 24.3 Å². The molecule has 0 atom stereocenters. The molecule has 1 heterocycles. The molecule has 184 valence electrons. The number of carbonyl (C=O) groups excluding carboxylic acids is 2. The second-order valence-corrected chi connectivity index (χ2v) is 11.1. The molecule has 0 unspecified atom stereocenters. The second kappa shape index (κ2) is 10.3. The number of aryl methyl sites for hydroxylation is 4. The molecule has 0 aliphatic carbocycles. The number of hydrogen-bond donors (Lipinski definition) is 1. The van der Waals surface area contributed by atoms with E-state index in [1.165, 1.54) is 4.31 Å². The van der Waals surface area contributed by atoms with Gasteiger partial charge in [-0.05, 0) is 93.8 Å². The Labute approximate surface area is 202 Å². The smallest absolute Gasteiger partial charge is 0.309 e. The third-order valence-corrected chi connectivity index (χ3v) is 8.87. The summed E-state index contributed by atoms with van der Waals surface area (Å²) in [5.41, 5.74) is 6.05. The van der Waals surface area contributed by atoms with Gasteiger partial charge in [-0.1, -0.05) is 18.2 Å². The number of nitrogens with one attached hydrogen (secondary N) is 1. The fourth-order valence-electron chi connectivity index (χ4n) is 4.34. The van der Waals surface area contributed by atoms with Gasteiger partial charge in [0, 0.05) is 18.8 Å². The van der Waals surface area contributed by atoms with Gasteiger partial charge in [-0.3, -0.25) is 9.59 Å². The van der Waals surface area contributed by atoms with Gasteiger partial charge in [0.15, 0.2) is 6.61 Å². The summed E-state index contributed by atoms with van der Waals surface area (Å²) in [6.07, 6.45) is 0.721. The maximum atomic E-state index is 13.4. The molecule has 34 heavy (non-hydrogen) atoms. The zero-order valence-corrected chi connectivity index (χ0v) is 21.6. The number of hydrogen-bond acceptors (Lipinski definition) is 5. The van der Waals surface area contributed by atoms with Gasteiger partial charge in [0.05, 0.1) is 10.8 Å². The summed E-state index contributed by atoms with van der Waals surface area (Å²) >= 11 is 0. The van der Waals surface area contributed by atoms with E-state index in [4.69, 9.17) is 4.74 Å². The number of amides is 1. The molecule has 3 rings (SSSR count). The topological polar surface area (TPSA) is 92.8 Å². The molecule has 1 aliphatic rings. The minimum absolute atomic E-state index is 0.239. The summed E-state index contributed by atoms with van der Waals surface area (Å²) in [6.45, 7) is 11.4. The monoisotopic (exact) mass is 486 g/mol. The van der Waals surface area contributed by atoms with Gasteiger partial charge in [0.25, 0.3) is 5.91 Å².